The summed E-state index contributed by atoms with van der Waals surface area (Å²) in [6.45, 7) is 11.1. The topological polar surface area (TPSA) is 76.6 Å². The number of nitrogens with zero attached hydrogens (tertiary/aromatic N) is 2. The number of pyridine rings is 1. The summed E-state index contributed by atoms with van der Waals surface area (Å²) in [6.07, 6.45) is 5.35. The van der Waals surface area contributed by atoms with Gasteiger partial charge in [0.25, 0.3) is 0 Å². The van der Waals surface area contributed by atoms with Gasteiger partial charge in [0.05, 0.1) is 11.1 Å². The molecule has 0 bridgehead atoms. The fourth-order valence-corrected chi connectivity index (χ4v) is 7.10. The maximum absolute atomic E-state index is 13.6. The van der Waals surface area contributed by atoms with Crippen LogP contribution in [0.1, 0.15) is 51.7 Å². The van der Waals surface area contributed by atoms with E-state index < -0.39 is 11.3 Å². The third kappa shape index (κ3) is 3.96. The second kappa shape index (κ2) is 8.90. The van der Waals surface area contributed by atoms with Crippen molar-refractivity contribution in [2.75, 3.05) is 18.0 Å². The van der Waals surface area contributed by atoms with Crippen LogP contribution in [0.25, 0.3) is 55.0 Å². The standard InChI is InChI=1S/C37H32N2O4/c1-36(2)9-11-39-12-10-37(3,4)31-32(39)29(36)17-24-16-28(35(41)43-33(24)31)26-14-25(19-38-20-26)27-15-23-13-21-7-5-6-8-22(21)18-30(23)42-34(27)40/h5-8,13-20H,9-12H2,1-4H3. The minimum Gasteiger partial charge on any atom is -0.422 e. The summed E-state index contributed by atoms with van der Waals surface area (Å²) in [4.78, 5) is 33.7. The average Bonchev–Trinajstić information content (AvgIpc) is 2.98. The summed E-state index contributed by atoms with van der Waals surface area (Å²) in [5.41, 5.74) is 5.90. The first-order valence-electron chi connectivity index (χ1n) is 14.9. The molecule has 0 fully saturated rings. The highest BCUT2D eigenvalue weighted by Crippen LogP contribution is 2.51. The molecule has 0 aliphatic carbocycles. The maximum Gasteiger partial charge on any atom is 0.344 e. The van der Waals surface area contributed by atoms with Crippen LogP contribution < -0.4 is 16.2 Å². The van der Waals surface area contributed by atoms with Crippen molar-refractivity contribution in [3.63, 3.8) is 0 Å². The van der Waals surface area contributed by atoms with Crippen LogP contribution in [-0.4, -0.2) is 18.1 Å². The van der Waals surface area contributed by atoms with Crippen molar-refractivity contribution in [3.05, 3.63) is 105 Å². The first-order chi connectivity index (χ1) is 20.6. The van der Waals surface area contributed by atoms with Crippen LogP contribution in [0.15, 0.2) is 91.5 Å². The molecule has 2 aliphatic rings. The van der Waals surface area contributed by atoms with Gasteiger partial charge in [-0.2, -0.15) is 0 Å². The Balaban J connectivity index is 1.30. The van der Waals surface area contributed by atoms with Gasteiger partial charge < -0.3 is 13.7 Å². The largest absolute Gasteiger partial charge is 0.422 e. The van der Waals surface area contributed by atoms with Crippen LogP contribution in [0.5, 0.6) is 0 Å². The van der Waals surface area contributed by atoms with Gasteiger partial charge in [-0.25, -0.2) is 9.59 Å². The molecule has 5 heterocycles. The van der Waals surface area contributed by atoms with Crippen molar-refractivity contribution in [3.8, 4) is 22.3 Å². The third-order valence-corrected chi connectivity index (χ3v) is 9.69. The Bertz CT molecular complexity index is 2250. The Kier molecular flexibility index (Phi) is 5.37. The molecule has 0 unspecified atom stereocenters. The molecule has 8 rings (SSSR count). The first kappa shape index (κ1) is 26.0. The van der Waals surface area contributed by atoms with Crippen molar-refractivity contribution in [2.45, 2.75) is 51.4 Å². The minimum atomic E-state index is -0.452. The monoisotopic (exact) mass is 568 g/mol. The normalized spacial score (nSPS) is 17.0. The molecular formula is C37H32N2O4. The predicted molar refractivity (Wildman–Crippen MR) is 172 cm³/mol. The van der Waals surface area contributed by atoms with Gasteiger partial charge in [-0.05, 0) is 76.4 Å². The second-order valence-electron chi connectivity index (χ2n) is 13.4. The van der Waals surface area contributed by atoms with E-state index in [0.29, 0.717) is 33.4 Å². The van der Waals surface area contributed by atoms with Crippen LogP contribution in [0, 0.1) is 0 Å². The van der Waals surface area contributed by atoms with E-state index in [1.54, 1.807) is 12.4 Å². The van der Waals surface area contributed by atoms with Gasteiger partial charge in [-0.1, -0.05) is 52.0 Å². The zero-order valence-corrected chi connectivity index (χ0v) is 24.8. The number of fused-ring (bicyclic) bond motifs is 4. The highest BCUT2D eigenvalue weighted by atomic mass is 16.4. The van der Waals surface area contributed by atoms with E-state index in [1.165, 1.54) is 11.3 Å². The molecule has 0 radical (unpaired) electrons. The Hall–Kier alpha value is -4.71. The lowest BCUT2D eigenvalue weighted by atomic mass is 9.69. The molecule has 0 N–H and O–H groups in total. The zero-order chi connectivity index (χ0) is 29.7. The van der Waals surface area contributed by atoms with Gasteiger partial charge in [0.15, 0.2) is 0 Å². The minimum absolute atomic E-state index is 0.00933. The smallest absolute Gasteiger partial charge is 0.344 e. The van der Waals surface area contributed by atoms with Gasteiger partial charge in [0, 0.05) is 58.6 Å². The Labute approximate surface area is 248 Å². The third-order valence-electron chi connectivity index (χ3n) is 9.69. The van der Waals surface area contributed by atoms with E-state index in [1.807, 2.05) is 54.6 Å². The lowest BCUT2D eigenvalue weighted by molar-refractivity contribution is 0.398. The van der Waals surface area contributed by atoms with Crippen molar-refractivity contribution in [2.24, 2.45) is 0 Å². The van der Waals surface area contributed by atoms with Gasteiger partial charge in [-0.15, -0.1) is 0 Å². The molecule has 3 aromatic heterocycles. The Morgan fingerprint density at radius 2 is 1.33 bits per heavy atom. The summed E-state index contributed by atoms with van der Waals surface area (Å²) in [5.74, 6) is 0. The van der Waals surface area contributed by atoms with E-state index in [-0.39, 0.29) is 10.8 Å². The van der Waals surface area contributed by atoms with Crippen LogP contribution in [0.4, 0.5) is 5.69 Å². The molecule has 0 saturated heterocycles. The molecule has 6 heteroatoms. The highest BCUT2D eigenvalue weighted by Gasteiger charge is 2.42. The number of rotatable bonds is 2. The molecule has 214 valence electrons. The molecule has 0 spiro atoms. The molecule has 2 aliphatic heterocycles. The van der Waals surface area contributed by atoms with Crippen molar-refractivity contribution < 1.29 is 8.83 Å². The van der Waals surface area contributed by atoms with Gasteiger partial charge in [-0.3, -0.25) is 4.98 Å². The summed E-state index contributed by atoms with van der Waals surface area (Å²) < 4.78 is 11.9. The van der Waals surface area contributed by atoms with Gasteiger partial charge in [0.2, 0.25) is 0 Å². The van der Waals surface area contributed by atoms with Crippen LogP contribution in [-0.2, 0) is 10.8 Å². The number of anilines is 1. The molecular weight excluding hydrogens is 536 g/mol. The fourth-order valence-electron chi connectivity index (χ4n) is 7.10. The van der Waals surface area contributed by atoms with Crippen molar-refractivity contribution >= 4 is 38.4 Å². The van der Waals surface area contributed by atoms with Gasteiger partial charge >= 0.3 is 11.3 Å². The molecule has 0 amide bonds. The molecule has 6 aromatic rings. The van der Waals surface area contributed by atoms with E-state index in [0.717, 1.165) is 53.0 Å². The molecule has 3 aromatic carbocycles. The molecule has 0 atom stereocenters. The second-order valence-corrected chi connectivity index (χ2v) is 13.4. The Morgan fingerprint density at radius 1 is 0.698 bits per heavy atom. The predicted octanol–water partition coefficient (Wildman–Crippen LogP) is 7.95. The Morgan fingerprint density at radius 3 is 2.05 bits per heavy atom. The summed E-state index contributed by atoms with van der Waals surface area (Å²) in [6, 6.07) is 19.7. The van der Waals surface area contributed by atoms with Crippen molar-refractivity contribution in [1.82, 2.24) is 4.98 Å². The zero-order valence-electron chi connectivity index (χ0n) is 24.8. The van der Waals surface area contributed by atoms with E-state index in [9.17, 15) is 9.59 Å². The molecule has 43 heavy (non-hydrogen) atoms. The van der Waals surface area contributed by atoms with Gasteiger partial charge in [0.1, 0.15) is 11.2 Å². The highest BCUT2D eigenvalue weighted by molar-refractivity contribution is 5.97. The number of hydrogen-bond donors (Lipinski definition) is 0. The summed E-state index contributed by atoms with van der Waals surface area (Å²) in [5, 5.41) is 3.80. The molecule has 6 nitrogen and oxygen atoms in total. The number of hydrogen-bond acceptors (Lipinski definition) is 6. The molecule has 0 saturated carbocycles. The number of aromatic nitrogens is 1. The van der Waals surface area contributed by atoms with Crippen molar-refractivity contribution in [1.29, 1.82) is 0 Å². The van der Waals surface area contributed by atoms with Crippen LogP contribution in [0.3, 0.4) is 0 Å². The van der Waals surface area contributed by atoms with E-state index in [2.05, 4.69) is 43.6 Å². The quantitative estimate of drug-likeness (QED) is 0.156. The SMILES string of the molecule is CC1(C)CCN2CCC(C)(C)c3c2c1cc1cc(-c2cncc(-c4cc5cc6ccccc6cc5oc4=O)c2)c(=O)oc31. The fraction of sp³-hybridized carbons (Fsp3) is 0.270. The van der Waals surface area contributed by atoms with Crippen LogP contribution >= 0.6 is 0 Å². The van der Waals surface area contributed by atoms with E-state index >= 15 is 0 Å². The average molecular weight is 569 g/mol. The van der Waals surface area contributed by atoms with E-state index in [4.69, 9.17) is 8.83 Å². The first-order valence-corrected chi connectivity index (χ1v) is 14.9. The summed E-state index contributed by atoms with van der Waals surface area (Å²) in [7, 11) is 0. The number of benzene rings is 3. The summed E-state index contributed by atoms with van der Waals surface area (Å²) >= 11 is 0. The maximum atomic E-state index is 13.6. The lowest BCUT2D eigenvalue weighted by Gasteiger charge is -2.48. The lowest BCUT2D eigenvalue weighted by Crippen LogP contribution is -2.44. The van der Waals surface area contributed by atoms with Crippen LogP contribution in [0.2, 0.25) is 0 Å².